The average Bonchev–Trinajstić information content (AvgIpc) is 2.70. The van der Waals surface area contributed by atoms with Gasteiger partial charge in [-0.25, -0.2) is 4.79 Å². The molecule has 0 saturated carbocycles. The van der Waals surface area contributed by atoms with Crippen LogP contribution in [-0.4, -0.2) is 35.1 Å². The maximum atomic E-state index is 11.2. The second-order valence-corrected chi connectivity index (χ2v) is 4.70. The number of carbonyl (C=O) groups excluding carboxylic acids is 1. The van der Waals surface area contributed by atoms with Crippen molar-refractivity contribution < 1.29 is 27.4 Å². The predicted octanol–water partition coefficient (Wildman–Crippen LogP) is 0.633. The van der Waals surface area contributed by atoms with Gasteiger partial charge in [0.2, 0.25) is 5.76 Å². The molecule has 0 N–H and O–H groups in total. The number of carbonyl (C=O) groups is 1. The van der Waals surface area contributed by atoms with E-state index in [1.54, 1.807) is 0 Å². The van der Waals surface area contributed by atoms with Gasteiger partial charge in [0, 0.05) is 5.92 Å². The third kappa shape index (κ3) is 2.41. The van der Waals surface area contributed by atoms with Gasteiger partial charge in [0.25, 0.3) is 0 Å². The highest BCUT2D eigenvalue weighted by atomic mass is 32.2. The Balaban J connectivity index is 2.21. The van der Waals surface area contributed by atoms with Crippen LogP contribution in [0.4, 0.5) is 0 Å². The number of hydrogen-bond donors (Lipinski definition) is 0. The van der Waals surface area contributed by atoms with Gasteiger partial charge < -0.3 is 18.4 Å². The average molecular weight is 259 g/mol. The molecule has 1 saturated heterocycles. The fraction of sp³-hybridized carbons (Fsp3) is 0.500. The van der Waals surface area contributed by atoms with E-state index in [0.29, 0.717) is 13.2 Å². The highest BCUT2D eigenvalue weighted by molar-refractivity contribution is 7.79. The zero-order chi connectivity index (χ0) is 12.4. The molecule has 6 nitrogen and oxygen atoms in total. The number of esters is 1. The summed E-state index contributed by atoms with van der Waals surface area (Å²) in [5.74, 6) is -0.508. The fourth-order valence-corrected chi connectivity index (χ4v) is 2.42. The van der Waals surface area contributed by atoms with Crippen molar-refractivity contribution in [3.63, 3.8) is 0 Å². The van der Waals surface area contributed by atoms with Crippen LogP contribution in [0.3, 0.4) is 0 Å². The first-order valence-corrected chi connectivity index (χ1v) is 6.11. The van der Waals surface area contributed by atoms with Gasteiger partial charge in [-0.1, -0.05) is 0 Å². The Morgan fingerprint density at radius 3 is 2.76 bits per heavy atom. The molecule has 1 aromatic heterocycles. The van der Waals surface area contributed by atoms with Crippen molar-refractivity contribution in [2.24, 2.45) is 5.92 Å². The smallest absolute Gasteiger partial charge is 0.373 e. The Morgan fingerprint density at radius 2 is 2.29 bits per heavy atom. The highest BCUT2D eigenvalue weighted by Crippen LogP contribution is 2.33. The van der Waals surface area contributed by atoms with E-state index in [1.807, 2.05) is 0 Å². The van der Waals surface area contributed by atoms with E-state index in [0.717, 1.165) is 0 Å². The maximum absolute atomic E-state index is 11.2. The normalized spacial score (nSPS) is 19.4. The maximum Gasteiger partial charge on any atom is 0.373 e. The minimum Gasteiger partial charge on any atom is -0.772 e. The lowest BCUT2D eigenvalue weighted by molar-refractivity contribution is -0.0363. The van der Waals surface area contributed by atoms with Gasteiger partial charge in [-0.15, -0.1) is 0 Å². The summed E-state index contributed by atoms with van der Waals surface area (Å²) in [5, 5.41) is -0.776. The lowest BCUT2D eigenvalue weighted by Crippen LogP contribution is -2.34. The summed E-state index contributed by atoms with van der Waals surface area (Å²) in [6.45, 7) is 0.764. The molecule has 2 atom stereocenters. The van der Waals surface area contributed by atoms with Crippen molar-refractivity contribution in [3.05, 3.63) is 23.7 Å². The Morgan fingerprint density at radius 1 is 1.59 bits per heavy atom. The molecule has 7 heteroatoms. The molecule has 17 heavy (non-hydrogen) atoms. The van der Waals surface area contributed by atoms with Crippen LogP contribution in [0.1, 0.15) is 21.6 Å². The zero-order valence-corrected chi connectivity index (χ0v) is 9.90. The molecular formula is C10H11O6S-. The van der Waals surface area contributed by atoms with Crippen LogP contribution in [0.15, 0.2) is 16.5 Å². The van der Waals surface area contributed by atoms with E-state index in [4.69, 9.17) is 9.15 Å². The molecule has 0 amide bonds. The minimum absolute atomic E-state index is 0.00167. The van der Waals surface area contributed by atoms with Crippen LogP contribution in [-0.2, 0) is 20.6 Å². The summed E-state index contributed by atoms with van der Waals surface area (Å²) < 4.78 is 36.9. The quantitative estimate of drug-likeness (QED) is 0.582. The van der Waals surface area contributed by atoms with Crippen molar-refractivity contribution >= 4 is 17.0 Å². The second kappa shape index (κ2) is 4.99. The molecule has 0 aromatic carbocycles. The van der Waals surface area contributed by atoms with Crippen LogP contribution < -0.4 is 0 Å². The Hall–Kier alpha value is -1.18. The molecular weight excluding hydrogens is 248 g/mol. The third-order valence-corrected chi connectivity index (χ3v) is 3.63. The first kappa shape index (κ1) is 12.3. The summed E-state index contributed by atoms with van der Waals surface area (Å²) in [5.41, 5.74) is 0. The van der Waals surface area contributed by atoms with Crippen molar-refractivity contribution in [1.29, 1.82) is 0 Å². The van der Waals surface area contributed by atoms with Crippen molar-refractivity contribution in [3.8, 4) is 0 Å². The van der Waals surface area contributed by atoms with Crippen LogP contribution in [0.5, 0.6) is 0 Å². The lowest BCUT2D eigenvalue weighted by atomic mass is 10.0. The first-order chi connectivity index (χ1) is 8.13. The van der Waals surface area contributed by atoms with Crippen LogP contribution in [0.25, 0.3) is 0 Å². The van der Waals surface area contributed by atoms with E-state index < -0.39 is 22.3 Å². The Bertz CT molecular complexity index is 436. The molecule has 0 spiro atoms. The number of rotatable bonds is 4. The molecule has 1 aromatic rings. The summed E-state index contributed by atoms with van der Waals surface area (Å²) >= 11 is -2.31. The van der Waals surface area contributed by atoms with Gasteiger partial charge in [-0.3, -0.25) is 4.21 Å². The third-order valence-electron chi connectivity index (χ3n) is 2.59. The molecule has 1 aliphatic heterocycles. The molecule has 0 radical (unpaired) electrons. The topological polar surface area (TPSA) is 88.8 Å². The van der Waals surface area contributed by atoms with Crippen molar-refractivity contribution in [2.75, 3.05) is 20.3 Å². The van der Waals surface area contributed by atoms with E-state index in [9.17, 15) is 13.6 Å². The predicted molar refractivity (Wildman–Crippen MR) is 56.0 cm³/mol. The molecule has 0 aliphatic carbocycles. The van der Waals surface area contributed by atoms with Gasteiger partial charge in [-0.2, -0.15) is 0 Å². The van der Waals surface area contributed by atoms with E-state index >= 15 is 0 Å². The monoisotopic (exact) mass is 259 g/mol. The number of hydrogen-bond acceptors (Lipinski definition) is 6. The Kier molecular flexibility index (Phi) is 3.60. The van der Waals surface area contributed by atoms with Crippen LogP contribution >= 0.6 is 0 Å². The van der Waals surface area contributed by atoms with E-state index in [1.165, 1.54) is 19.2 Å². The van der Waals surface area contributed by atoms with Crippen molar-refractivity contribution in [2.45, 2.75) is 5.25 Å². The molecule has 94 valence electrons. The SMILES string of the molecule is COC(=O)c1ccc(C(C2COC2)S(=O)[O-])o1. The molecule has 1 aliphatic rings. The van der Waals surface area contributed by atoms with Gasteiger partial charge in [0.1, 0.15) is 5.76 Å². The second-order valence-electron chi connectivity index (χ2n) is 3.67. The van der Waals surface area contributed by atoms with Gasteiger partial charge in [-0.05, 0) is 23.2 Å². The minimum atomic E-state index is -2.31. The van der Waals surface area contributed by atoms with Crippen LogP contribution in [0.2, 0.25) is 0 Å². The fourth-order valence-electron chi connectivity index (χ4n) is 1.63. The Labute approximate surface area is 100 Å². The lowest BCUT2D eigenvalue weighted by Gasteiger charge is -2.33. The van der Waals surface area contributed by atoms with Gasteiger partial charge in [0.15, 0.2) is 0 Å². The molecule has 2 rings (SSSR count). The number of furan rings is 1. The van der Waals surface area contributed by atoms with E-state index in [2.05, 4.69) is 4.74 Å². The summed E-state index contributed by atoms with van der Waals surface area (Å²) in [7, 11) is 1.23. The number of methoxy groups -OCH3 is 1. The summed E-state index contributed by atoms with van der Waals surface area (Å²) in [6, 6.07) is 2.88. The van der Waals surface area contributed by atoms with Gasteiger partial charge in [0.05, 0.1) is 25.6 Å². The van der Waals surface area contributed by atoms with Gasteiger partial charge >= 0.3 is 5.97 Å². The zero-order valence-electron chi connectivity index (χ0n) is 9.08. The molecule has 1 fully saturated rings. The molecule has 2 unspecified atom stereocenters. The van der Waals surface area contributed by atoms with Crippen LogP contribution in [0, 0.1) is 5.92 Å². The number of ether oxygens (including phenoxy) is 2. The van der Waals surface area contributed by atoms with Crippen molar-refractivity contribution in [1.82, 2.24) is 0 Å². The first-order valence-electron chi connectivity index (χ1n) is 4.97. The van der Waals surface area contributed by atoms with E-state index in [-0.39, 0.29) is 17.4 Å². The highest BCUT2D eigenvalue weighted by Gasteiger charge is 2.33. The standard InChI is InChI=1S/C10H12O6S/c1-14-10(11)8-3-2-7(16-8)9(17(12)13)6-4-15-5-6/h2-3,6,9H,4-5H2,1H3,(H,12,13)/p-1. The summed E-state index contributed by atoms with van der Waals surface area (Å²) in [4.78, 5) is 11.2. The summed E-state index contributed by atoms with van der Waals surface area (Å²) in [6.07, 6.45) is 0. The largest absolute Gasteiger partial charge is 0.772 e. The molecule has 2 heterocycles. The molecule has 0 bridgehead atoms.